The molecule has 1 aromatic heterocycles. The number of nitrogens with zero attached hydrogens (tertiary/aromatic N) is 4. The Labute approximate surface area is 145 Å². The lowest BCUT2D eigenvalue weighted by atomic mass is 10.1. The van der Waals surface area contributed by atoms with Gasteiger partial charge in [0, 0.05) is 32.1 Å². The van der Waals surface area contributed by atoms with E-state index in [0.717, 1.165) is 38.8 Å². The highest BCUT2D eigenvalue weighted by molar-refractivity contribution is 5.95. The summed E-state index contributed by atoms with van der Waals surface area (Å²) in [4.78, 5) is 20.9. The van der Waals surface area contributed by atoms with Crippen molar-refractivity contribution in [2.24, 2.45) is 0 Å². The molecule has 2 saturated heterocycles. The van der Waals surface area contributed by atoms with E-state index >= 15 is 0 Å². The van der Waals surface area contributed by atoms with Crippen LogP contribution in [-0.4, -0.2) is 40.6 Å². The molecule has 0 spiro atoms. The Morgan fingerprint density at radius 2 is 2.04 bits per heavy atom. The van der Waals surface area contributed by atoms with Gasteiger partial charge in [0.25, 0.3) is 5.91 Å². The van der Waals surface area contributed by atoms with Gasteiger partial charge in [-0.1, -0.05) is 5.16 Å². The summed E-state index contributed by atoms with van der Waals surface area (Å²) >= 11 is 0. The molecule has 6 nitrogen and oxygen atoms in total. The molecule has 3 heterocycles. The van der Waals surface area contributed by atoms with Crippen molar-refractivity contribution in [2.45, 2.75) is 38.6 Å². The first kappa shape index (κ1) is 16.1. The first-order valence-corrected chi connectivity index (χ1v) is 8.79. The number of carbonyl (C=O) groups excluding carboxylic acids is 1. The van der Waals surface area contributed by atoms with Crippen LogP contribution in [0.2, 0.25) is 0 Å². The third kappa shape index (κ3) is 2.99. The van der Waals surface area contributed by atoms with Crippen LogP contribution in [0, 0.1) is 12.7 Å². The number of hydrogen-bond acceptors (Lipinski definition) is 5. The Balaban J connectivity index is 1.56. The maximum atomic E-state index is 14.5. The minimum Gasteiger partial charge on any atom is -0.369 e. The molecular formula is C18H21FN4O2. The zero-order chi connectivity index (χ0) is 17.4. The fraction of sp³-hybridized carbons (Fsp3) is 0.500. The van der Waals surface area contributed by atoms with E-state index in [-0.39, 0.29) is 17.8 Å². The summed E-state index contributed by atoms with van der Waals surface area (Å²) in [5.74, 6) is 0.489. The van der Waals surface area contributed by atoms with E-state index in [1.807, 2.05) is 4.90 Å². The first-order valence-electron chi connectivity index (χ1n) is 8.79. The second-order valence-corrected chi connectivity index (χ2v) is 6.69. The van der Waals surface area contributed by atoms with Crippen LogP contribution in [0.4, 0.5) is 10.1 Å². The molecule has 0 bridgehead atoms. The minimum absolute atomic E-state index is 0.183. The summed E-state index contributed by atoms with van der Waals surface area (Å²) in [7, 11) is 0. The van der Waals surface area contributed by atoms with E-state index in [1.165, 1.54) is 6.07 Å². The number of aryl methyl sites for hydroxylation is 1. The number of aromatic nitrogens is 2. The van der Waals surface area contributed by atoms with Crippen LogP contribution in [-0.2, 0) is 0 Å². The Morgan fingerprint density at radius 3 is 2.72 bits per heavy atom. The van der Waals surface area contributed by atoms with Crippen molar-refractivity contribution in [3.05, 3.63) is 41.3 Å². The lowest BCUT2D eigenvalue weighted by Crippen LogP contribution is -2.31. The number of anilines is 1. The smallest absolute Gasteiger partial charge is 0.254 e. The van der Waals surface area contributed by atoms with E-state index in [1.54, 1.807) is 24.0 Å². The van der Waals surface area contributed by atoms with Crippen LogP contribution >= 0.6 is 0 Å². The van der Waals surface area contributed by atoms with E-state index in [2.05, 4.69) is 10.1 Å². The summed E-state index contributed by atoms with van der Waals surface area (Å²) in [6.07, 6.45) is 3.83. The highest BCUT2D eigenvalue weighted by Gasteiger charge is 2.34. The van der Waals surface area contributed by atoms with Gasteiger partial charge in [0.2, 0.25) is 5.89 Å². The van der Waals surface area contributed by atoms with Crippen LogP contribution in [0.15, 0.2) is 22.7 Å². The molecule has 1 aromatic carbocycles. The Kier molecular flexibility index (Phi) is 4.15. The number of amides is 1. The summed E-state index contributed by atoms with van der Waals surface area (Å²) in [5.41, 5.74) is 0.952. The van der Waals surface area contributed by atoms with Crippen molar-refractivity contribution in [1.82, 2.24) is 15.0 Å². The molecule has 0 radical (unpaired) electrons. The topological polar surface area (TPSA) is 62.5 Å². The Morgan fingerprint density at radius 1 is 1.24 bits per heavy atom. The van der Waals surface area contributed by atoms with Crippen molar-refractivity contribution in [2.75, 3.05) is 24.5 Å². The predicted molar refractivity (Wildman–Crippen MR) is 89.9 cm³/mol. The fourth-order valence-corrected chi connectivity index (χ4v) is 3.75. The van der Waals surface area contributed by atoms with Crippen molar-refractivity contribution < 1.29 is 13.7 Å². The predicted octanol–water partition coefficient (Wildman–Crippen LogP) is 3.09. The lowest BCUT2D eigenvalue weighted by molar-refractivity contribution is 0.0728. The van der Waals surface area contributed by atoms with Crippen LogP contribution < -0.4 is 4.90 Å². The van der Waals surface area contributed by atoms with Crippen molar-refractivity contribution in [3.63, 3.8) is 0 Å². The van der Waals surface area contributed by atoms with Gasteiger partial charge >= 0.3 is 0 Å². The lowest BCUT2D eigenvalue weighted by Gasteiger charge is -2.23. The molecule has 2 aliphatic rings. The van der Waals surface area contributed by atoms with Gasteiger partial charge in [-0.3, -0.25) is 4.79 Å². The molecule has 7 heteroatoms. The molecule has 2 aromatic rings. The minimum atomic E-state index is -0.334. The van der Waals surface area contributed by atoms with Gasteiger partial charge in [-0.15, -0.1) is 0 Å². The van der Waals surface area contributed by atoms with Gasteiger partial charge in [0.15, 0.2) is 5.82 Å². The summed E-state index contributed by atoms with van der Waals surface area (Å²) in [5, 5.41) is 3.95. The second-order valence-electron chi connectivity index (χ2n) is 6.69. The van der Waals surface area contributed by atoms with Crippen LogP contribution in [0.25, 0.3) is 0 Å². The zero-order valence-electron chi connectivity index (χ0n) is 14.2. The standard InChI is InChI=1S/C18H21FN4O2/c1-12-20-17(21-25-12)16-5-4-10-23(16)18(24)13-6-7-15(14(19)11-13)22-8-2-3-9-22/h6-7,11,16H,2-5,8-10H2,1H3. The number of halogens is 1. The van der Waals surface area contributed by atoms with Crippen molar-refractivity contribution >= 4 is 11.6 Å². The average Bonchev–Trinajstić information content (AvgIpc) is 3.35. The molecular weight excluding hydrogens is 323 g/mol. The van der Waals surface area contributed by atoms with E-state index in [4.69, 9.17) is 4.52 Å². The number of rotatable bonds is 3. The number of hydrogen-bond donors (Lipinski definition) is 0. The van der Waals surface area contributed by atoms with Crippen LogP contribution in [0.3, 0.4) is 0 Å². The molecule has 0 saturated carbocycles. The number of likely N-dealkylation sites (tertiary alicyclic amines) is 1. The maximum absolute atomic E-state index is 14.5. The summed E-state index contributed by atoms with van der Waals surface area (Å²) in [6.45, 7) is 4.09. The van der Waals surface area contributed by atoms with E-state index < -0.39 is 0 Å². The third-order valence-corrected chi connectivity index (χ3v) is 5.00. The van der Waals surface area contributed by atoms with E-state index in [0.29, 0.717) is 29.5 Å². The van der Waals surface area contributed by atoms with Gasteiger partial charge in [0.1, 0.15) is 5.82 Å². The Bertz CT molecular complexity index is 785. The van der Waals surface area contributed by atoms with Crippen molar-refractivity contribution in [1.29, 1.82) is 0 Å². The normalized spacial score (nSPS) is 20.5. The molecule has 4 rings (SSSR count). The molecule has 1 atom stereocenters. The molecule has 2 fully saturated rings. The molecule has 1 unspecified atom stereocenters. The van der Waals surface area contributed by atoms with Gasteiger partial charge in [-0.05, 0) is 43.9 Å². The number of carbonyl (C=O) groups is 1. The molecule has 0 aliphatic carbocycles. The first-order chi connectivity index (χ1) is 12.1. The average molecular weight is 344 g/mol. The molecule has 1 amide bonds. The molecule has 132 valence electrons. The maximum Gasteiger partial charge on any atom is 0.254 e. The van der Waals surface area contributed by atoms with Crippen LogP contribution in [0.5, 0.6) is 0 Å². The number of benzene rings is 1. The van der Waals surface area contributed by atoms with Gasteiger partial charge in [-0.2, -0.15) is 4.98 Å². The van der Waals surface area contributed by atoms with Crippen LogP contribution in [0.1, 0.15) is 53.8 Å². The molecule has 0 N–H and O–H groups in total. The second kappa shape index (κ2) is 6.46. The van der Waals surface area contributed by atoms with E-state index in [9.17, 15) is 9.18 Å². The van der Waals surface area contributed by atoms with Gasteiger partial charge < -0.3 is 14.3 Å². The van der Waals surface area contributed by atoms with Gasteiger partial charge in [0.05, 0.1) is 11.7 Å². The summed E-state index contributed by atoms with van der Waals surface area (Å²) < 4.78 is 19.6. The Hall–Kier alpha value is -2.44. The largest absolute Gasteiger partial charge is 0.369 e. The monoisotopic (exact) mass is 344 g/mol. The highest BCUT2D eigenvalue weighted by atomic mass is 19.1. The van der Waals surface area contributed by atoms with Gasteiger partial charge in [-0.25, -0.2) is 4.39 Å². The van der Waals surface area contributed by atoms with Crippen molar-refractivity contribution in [3.8, 4) is 0 Å². The summed E-state index contributed by atoms with van der Waals surface area (Å²) in [6, 6.07) is 4.59. The zero-order valence-corrected chi connectivity index (χ0v) is 14.2. The fourth-order valence-electron chi connectivity index (χ4n) is 3.75. The third-order valence-electron chi connectivity index (χ3n) is 5.00. The SMILES string of the molecule is Cc1nc(C2CCCN2C(=O)c2ccc(N3CCCC3)c(F)c2)no1. The molecule has 2 aliphatic heterocycles. The highest BCUT2D eigenvalue weighted by Crippen LogP contribution is 2.32. The quantitative estimate of drug-likeness (QED) is 0.856. The molecule has 25 heavy (non-hydrogen) atoms.